The van der Waals surface area contributed by atoms with Crippen molar-refractivity contribution in [3.05, 3.63) is 78.1 Å². The topological polar surface area (TPSA) is 99.0 Å². The lowest BCUT2D eigenvalue weighted by atomic mass is 10.1. The second-order valence-electron chi connectivity index (χ2n) is 5.76. The van der Waals surface area contributed by atoms with Gasteiger partial charge in [0.15, 0.2) is 0 Å². The van der Waals surface area contributed by atoms with Crippen molar-refractivity contribution in [1.29, 1.82) is 5.41 Å². The van der Waals surface area contributed by atoms with E-state index in [0.717, 1.165) is 16.8 Å². The van der Waals surface area contributed by atoms with E-state index in [1.54, 1.807) is 18.2 Å². The molecule has 2 aromatic carbocycles. The van der Waals surface area contributed by atoms with E-state index >= 15 is 0 Å². The monoisotopic (exact) mass is 445 g/mol. The predicted molar refractivity (Wildman–Crippen MR) is 109 cm³/mol. The maximum Gasteiger partial charge on any atom is 0.264 e. The molecule has 2 N–H and O–H groups in total. The van der Waals surface area contributed by atoms with Crippen LogP contribution in [0.1, 0.15) is 11.1 Å². The van der Waals surface area contributed by atoms with Gasteiger partial charge in [-0.05, 0) is 35.9 Å². The van der Waals surface area contributed by atoms with Crippen LogP contribution in [-0.2, 0) is 16.6 Å². The van der Waals surface area contributed by atoms with E-state index in [-0.39, 0.29) is 27.8 Å². The van der Waals surface area contributed by atoms with Crippen LogP contribution in [0, 0.1) is 5.41 Å². The van der Waals surface area contributed by atoms with Crippen LogP contribution in [0.25, 0.3) is 0 Å². The van der Waals surface area contributed by atoms with E-state index in [4.69, 9.17) is 5.41 Å². The van der Waals surface area contributed by atoms with Crippen molar-refractivity contribution in [3.8, 4) is 0 Å². The molecular formula is C18H16BrN5O2S. The molecule has 9 heteroatoms. The molecular weight excluding hydrogens is 430 g/mol. The van der Waals surface area contributed by atoms with Crippen molar-refractivity contribution in [1.82, 2.24) is 9.97 Å². The number of nitrogens with zero attached hydrogens (tertiary/aromatic N) is 3. The van der Waals surface area contributed by atoms with Crippen LogP contribution in [0.3, 0.4) is 0 Å². The van der Waals surface area contributed by atoms with Crippen LogP contribution in [-0.4, -0.2) is 24.2 Å². The summed E-state index contributed by atoms with van der Waals surface area (Å²) in [4.78, 5) is 9.68. The fraction of sp³-hybridized carbons (Fsp3) is 0.0556. The molecule has 0 fully saturated rings. The molecule has 7 nitrogen and oxygen atoms in total. The molecule has 1 aliphatic rings. The molecule has 0 atom stereocenters. The number of sulfonamides is 1. The van der Waals surface area contributed by atoms with Gasteiger partial charge in [-0.15, -0.1) is 17.0 Å². The first kappa shape index (κ1) is 19.0. The normalized spacial score (nSPS) is 13.0. The Morgan fingerprint density at radius 1 is 0.963 bits per heavy atom. The molecule has 0 spiro atoms. The molecule has 0 saturated carbocycles. The average Bonchev–Trinajstić information content (AvgIpc) is 2.99. The zero-order valence-corrected chi connectivity index (χ0v) is 16.6. The van der Waals surface area contributed by atoms with Gasteiger partial charge < -0.3 is 4.90 Å². The quantitative estimate of drug-likeness (QED) is 0.642. The van der Waals surface area contributed by atoms with Crippen molar-refractivity contribution in [2.45, 2.75) is 11.4 Å². The largest absolute Gasteiger partial charge is 0.322 e. The summed E-state index contributed by atoms with van der Waals surface area (Å²) in [6.45, 7) is 0.594. The summed E-state index contributed by atoms with van der Waals surface area (Å²) in [6.07, 6.45) is 2.93. The van der Waals surface area contributed by atoms with Gasteiger partial charge in [-0.1, -0.05) is 24.3 Å². The van der Waals surface area contributed by atoms with E-state index in [1.165, 1.54) is 24.5 Å². The highest BCUT2D eigenvalue weighted by molar-refractivity contribution is 8.93. The molecule has 0 radical (unpaired) electrons. The number of nitrogens with one attached hydrogen (secondary N) is 2. The van der Waals surface area contributed by atoms with Gasteiger partial charge in [0.05, 0.1) is 11.4 Å². The van der Waals surface area contributed by atoms with Gasteiger partial charge in [0.1, 0.15) is 5.84 Å². The lowest BCUT2D eigenvalue weighted by Crippen LogP contribution is -2.23. The highest BCUT2D eigenvalue weighted by Crippen LogP contribution is 2.28. The van der Waals surface area contributed by atoms with Crippen LogP contribution in [0.4, 0.5) is 11.6 Å². The molecule has 0 saturated heterocycles. The molecule has 3 aromatic rings. The standard InChI is InChI=1S/C18H15N5O2S.BrH/c19-17-16-5-2-1-4-13(16)12-23(17)14-6-8-15(9-7-14)26(24,25)22-18-20-10-3-11-21-18;/h1-11,19H,12H2,(H,20,21,22);1H. The number of aromatic nitrogens is 2. The van der Waals surface area contributed by atoms with Crippen LogP contribution in [0.5, 0.6) is 0 Å². The summed E-state index contributed by atoms with van der Waals surface area (Å²) in [5, 5.41) is 8.33. The third kappa shape index (κ3) is 3.69. The number of benzene rings is 2. The molecule has 4 rings (SSSR count). The minimum absolute atomic E-state index is 0. The van der Waals surface area contributed by atoms with Gasteiger partial charge in [0, 0.05) is 23.6 Å². The summed E-state index contributed by atoms with van der Waals surface area (Å²) in [5.74, 6) is 0.431. The highest BCUT2D eigenvalue weighted by Gasteiger charge is 2.25. The molecule has 0 unspecified atom stereocenters. The van der Waals surface area contributed by atoms with Gasteiger partial charge in [0.25, 0.3) is 10.0 Å². The van der Waals surface area contributed by atoms with Gasteiger partial charge >= 0.3 is 0 Å². The Labute approximate surface area is 167 Å². The maximum atomic E-state index is 12.4. The Morgan fingerprint density at radius 2 is 1.63 bits per heavy atom. The van der Waals surface area contributed by atoms with Gasteiger partial charge in [-0.2, -0.15) is 0 Å². The fourth-order valence-corrected chi connectivity index (χ4v) is 3.80. The number of hydrogen-bond acceptors (Lipinski definition) is 5. The number of halogens is 1. The summed E-state index contributed by atoms with van der Waals surface area (Å²) >= 11 is 0. The Bertz CT molecular complexity index is 1070. The first-order valence-corrected chi connectivity index (χ1v) is 9.37. The Morgan fingerprint density at radius 3 is 2.30 bits per heavy atom. The maximum absolute atomic E-state index is 12.4. The molecule has 1 aromatic heterocycles. The average molecular weight is 446 g/mol. The summed E-state index contributed by atoms with van der Waals surface area (Å²) < 4.78 is 27.2. The zero-order valence-electron chi connectivity index (χ0n) is 14.0. The highest BCUT2D eigenvalue weighted by atomic mass is 79.9. The lowest BCUT2D eigenvalue weighted by molar-refractivity contribution is 0.601. The number of rotatable bonds is 4. The minimum Gasteiger partial charge on any atom is -0.322 e. The van der Waals surface area contributed by atoms with E-state index in [9.17, 15) is 8.42 Å². The zero-order chi connectivity index (χ0) is 18.1. The molecule has 0 amide bonds. The third-order valence-corrected chi connectivity index (χ3v) is 5.47. The van der Waals surface area contributed by atoms with Crippen LogP contribution >= 0.6 is 17.0 Å². The number of anilines is 2. The van der Waals surface area contributed by atoms with Crippen molar-refractivity contribution < 1.29 is 8.42 Å². The molecule has 0 bridgehead atoms. The molecule has 2 heterocycles. The molecule has 138 valence electrons. The molecule has 1 aliphatic heterocycles. The smallest absolute Gasteiger partial charge is 0.264 e. The third-order valence-electron chi connectivity index (χ3n) is 4.12. The minimum atomic E-state index is -3.77. The van der Waals surface area contributed by atoms with Crippen LogP contribution in [0.2, 0.25) is 0 Å². The second kappa shape index (κ2) is 7.45. The number of fused-ring (bicyclic) bond motifs is 1. The van der Waals surface area contributed by atoms with Crippen molar-refractivity contribution in [2.24, 2.45) is 0 Å². The first-order chi connectivity index (χ1) is 12.5. The SMILES string of the molecule is Br.N=C1c2ccccc2CN1c1ccc(S(=O)(=O)Nc2ncccn2)cc1. The van der Waals surface area contributed by atoms with Gasteiger partial charge in [-0.25, -0.2) is 23.1 Å². The van der Waals surface area contributed by atoms with Crippen LogP contribution < -0.4 is 9.62 Å². The molecule has 0 aliphatic carbocycles. The fourth-order valence-electron chi connectivity index (χ4n) is 2.84. The number of hydrogen-bond donors (Lipinski definition) is 2. The van der Waals surface area contributed by atoms with Gasteiger partial charge in [0.2, 0.25) is 5.95 Å². The van der Waals surface area contributed by atoms with Crippen molar-refractivity contribution in [3.63, 3.8) is 0 Å². The number of amidine groups is 1. The molecule has 27 heavy (non-hydrogen) atoms. The van der Waals surface area contributed by atoms with Crippen LogP contribution in [0.15, 0.2) is 71.9 Å². The van der Waals surface area contributed by atoms with E-state index in [2.05, 4.69) is 14.7 Å². The second-order valence-corrected chi connectivity index (χ2v) is 7.45. The van der Waals surface area contributed by atoms with E-state index in [0.29, 0.717) is 12.4 Å². The summed E-state index contributed by atoms with van der Waals surface area (Å²) in [6, 6.07) is 15.8. The Kier molecular flexibility index (Phi) is 5.24. The van der Waals surface area contributed by atoms with Crippen molar-refractivity contribution >= 4 is 44.5 Å². The van der Waals surface area contributed by atoms with Gasteiger partial charge in [-0.3, -0.25) is 5.41 Å². The Hall–Kier alpha value is -2.78. The lowest BCUT2D eigenvalue weighted by Gasteiger charge is -2.18. The summed E-state index contributed by atoms with van der Waals surface area (Å²) in [7, 11) is -3.77. The van der Waals surface area contributed by atoms with E-state index < -0.39 is 10.0 Å². The first-order valence-electron chi connectivity index (χ1n) is 7.89. The Balaban J connectivity index is 0.00000210. The van der Waals surface area contributed by atoms with Crippen molar-refractivity contribution in [2.75, 3.05) is 9.62 Å². The predicted octanol–water partition coefficient (Wildman–Crippen LogP) is 3.20. The van der Waals surface area contributed by atoms with E-state index in [1.807, 2.05) is 29.2 Å². The summed E-state index contributed by atoms with van der Waals surface area (Å²) in [5.41, 5.74) is 2.74.